The van der Waals surface area contributed by atoms with E-state index in [1.54, 1.807) is 65.1 Å². The van der Waals surface area contributed by atoms with Crippen LogP contribution in [-0.4, -0.2) is 124 Å². The van der Waals surface area contributed by atoms with Crippen LogP contribution in [0.25, 0.3) is 0 Å². The first-order valence-electron chi connectivity index (χ1n) is 19.2. The van der Waals surface area contributed by atoms with Crippen molar-refractivity contribution in [2.24, 2.45) is 0 Å². The van der Waals surface area contributed by atoms with Crippen molar-refractivity contribution < 1.29 is 61.8 Å². The van der Waals surface area contributed by atoms with Gasteiger partial charge in [-0.3, -0.25) is 4.79 Å². The molecule has 0 aromatic rings. The molecule has 1 fully saturated rings. The molecule has 0 bridgehead atoms. The molecule has 1 saturated heterocycles. The van der Waals surface area contributed by atoms with E-state index in [2.05, 4.69) is 72.6 Å². The first-order chi connectivity index (χ1) is 22.8. The Morgan fingerprint density at radius 3 is 0.840 bits per heavy atom. The van der Waals surface area contributed by atoms with Gasteiger partial charge >= 0.3 is 210 Å². The van der Waals surface area contributed by atoms with Gasteiger partial charge in [-0.05, 0) is 20.5 Å². The molecule has 0 amide bonds. The van der Waals surface area contributed by atoms with Crippen LogP contribution >= 0.6 is 31.0 Å². The molecule has 1 heterocycles. The molecule has 1 radical (unpaired) electrons. The van der Waals surface area contributed by atoms with Crippen molar-refractivity contribution in [3.05, 3.63) is 0 Å². The largest absolute Gasteiger partial charge is 0.396 e. The Hall–Kier alpha value is 4.25. The second-order valence-corrected chi connectivity index (χ2v) is 115. The summed E-state index contributed by atoms with van der Waals surface area (Å²) in [6, 6.07) is 0. The minimum absolute atomic E-state index is 0. The standard InChI is InChI=1S/C4H11NO.6C4H9.C3H8O.C2H4O2.C2H6OS.Cu.3S.3Sn.Zn/c1-5(2)3-4-6;6*1-3-4-2;1-2-3-4;1-2(3)4;3-1-2-4;;;;;;;;/h6H,3-4H2,1-2H3;6*1,3-4H2,2H3;4H,2-3H2,1H3;1H3,(H,3,4);3-4H,1-2H2;;;;;;;;. The number of hydrogen-bond donors (Lipinski definition) is 5. The SMILES string of the molecule is CC(=O)O.CCCO.CCC[CH2][Sn]1([CH2]CCC)[S][Sn]([CH2]CCC)([CH2]CCC)[S][Sn]([CH2]CCC)([CH2]CCC)[S]1.CN(C)CCO.OCCS.[Cu].[Zn]. The van der Waals surface area contributed by atoms with Gasteiger partial charge in [0.1, 0.15) is 0 Å². The maximum atomic E-state index is 9.00. The van der Waals surface area contributed by atoms with Crippen molar-refractivity contribution in [3.8, 4) is 0 Å². The first-order valence-corrected chi connectivity index (χ1v) is 55.4. The molecule has 0 spiro atoms. The predicted molar refractivity (Wildman–Crippen MR) is 236 cm³/mol. The van der Waals surface area contributed by atoms with Crippen LogP contribution in [0.4, 0.5) is 0 Å². The molecule has 15 heteroatoms. The molecule has 50 heavy (non-hydrogen) atoms. The molecule has 0 aromatic carbocycles. The summed E-state index contributed by atoms with van der Waals surface area (Å²) in [5.74, 6) is -0.264. The van der Waals surface area contributed by atoms with E-state index in [-0.39, 0.29) is 49.8 Å². The van der Waals surface area contributed by atoms with Crippen LogP contribution in [0, 0.1) is 0 Å². The third-order valence-electron chi connectivity index (χ3n) is 7.45. The number of likely N-dealkylation sites (N-methyl/N-ethyl adjacent to an activating group) is 1. The van der Waals surface area contributed by atoms with Crippen LogP contribution in [0.3, 0.4) is 0 Å². The summed E-state index contributed by atoms with van der Waals surface area (Å²) in [5.41, 5.74) is 0. The Labute approximate surface area is 357 Å². The second-order valence-electron chi connectivity index (χ2n) is 12.9. The Morgan fingerprint density at radius 1 is 0.560 bits per heavy atom. The van der Waals surface area contributed by atoms with Crippen molar-refractivity contribution in [3.63, 3.8) is 0 Å². The number of aliphatic carboxylic acids is 1. The number of rotatable bonds is 22. The zero-order valence-corrected chi connectivity index (χ0v) is 50.1. The number of carboxylic acids is 1. The third-order valence-corrected chi connectivity index (χ3v) is 260. The molecule has 307 valence electrons. The Kier molecular flexibility index (Phi) is 62.9. The quantitative estimate of drug-likeness (QED) is 0.0536. The molecule has 0 saturated carbocycles. The van der Waals surface area contributed by atoms with Crippen LogP contribution in [0.15, 0.2) is 0 Å². The molecule has 4 N–H and O–H groups in total. The van der Waals surface area contributed by atoms with E-state index in [1.807, 2.05) is 25.9 Å². The van der Waals surface area contributed by atoms with Gasteiger partial charge in [-0.1, -0.05) is 6.92 Å². The fourth-order valence-electron chi connectivity index (χ4n) is 4.94. The second kappa shape index (κ2) is 47.6. The van der Waals surface area contributed by atoms with Crippen LogP contribution in [0.2, 0.25) is 26.6 Å². The van der Waals surface area contributed by atoms with Crippen molar-refractivity contribution in [2.75, 3.05) is 46.2 Å². The maximum absolute atomic E-state index is 9.00. The van der Waals surface area contributed by atoms with E-state index in [0.29, 0.717) is 12.4 Å². The molecule has 0 aromatic heterocycles. The number of hydrogen-bond acceptors (Lipinski definition) is 9. The summed E-state index contributed by atoms with van der Waals surface area (Å²) in [5, 5.41) is 31.3. The van der Waals surface area contributed by atoms with Crippen molar-refractivity contribution in [1.29, 1.82) is 0 Å². The van der Waals surface area contributed by atoms with E-state index in [1.165, 1.54) is 38.5 Å². The minimum atomic E-state index is -2.14. The Balaban J connectivity index is -0.000000199. The molecule has 1 rings (SSSR count). The summed E-state index contributed by atoms with van der Waals surface area (Å²) >= 11 is -2.75. The average Bonchev–Trinajstić information content (AvgIpc) is 3.06. The maximum Gasteiger partial charge on any atom is 0.0558 e. The molecular weight excluding hydrogens is 1130 g/mol. The summed E-state index contributed by atoms with van der Waals surface area (Å²) in [6.07, 6.45) is 27.8. The molecular formula is C35H83CuNO5S4Sn3Zn. The van der Waals surface area contributed by atoms with E-state index in [4.69, 9.17) is 25.2 Å². The van der Waals surface area contributed by atoms with Crippen molar-refractivity contribution in [2.45, 2.75) is 165 Å². The average molecular weight is 1210 g/mol. The Morgan fingerprint density at radius 2 is 0.760 bits per heavy atom. The molecule has 0 unspecified atom stereocenters. The molecule has 1 aliphatic heterocycles. The van der Waals surface area contributed by atoms with Crippen LogP contribution in [0.5, 0.6) is 0 Å². The predicted octanol–water partition coefficient (Wildman–Crippen LogP) is 11.3. The zero-order valence-electron chi connectivity index (χ0n) is 34.3. The minimum Gasteiger partial charge on any atom is -0.396 e. The number of aliphatic hydroxyl groups is 3. The summed E-state index contributed by atoms with van der Waals surface area (Å²) in [7, 11) is 3.85. The van der Waals surface area contributed by atoms with E-state index < -0.39 is 52.8 Å². The molecule has 0 atom stereocenters. The van der Waals surface area contributed by atoms with E-state index >= 15 is 0 Å². The number of unbranched alkanes of at least 4 members (excludes halogenated alkanes) is 6. The normalized spacial score (nSPS) is 14.8. The van der Waals surface area contributed by atoms with Gasteiger partial charge in [-0.2, -0.15) is 12.6 Å². The number of nitrogens with zero attached hydrogens (tertiary/aromatic N) is 1. The van der Waals surface area contributed by atoms with Gasteiger partial charge in [-0.25, -0.2) is 0 Å². The van der Waals surface area contributed by atoms with Gasteiger partial charge in [0.2, 0.25) is 0 Å². The van der Waals surface area contributed by atoms with Gasteiger partial charge in [0.25, 0.3) is 5.97 Å². The number of thiol groups is 1. The van der Waals surface area contributed by atoms with Crippen molar-refractivity contribution in [1.82, 2.24) is 4.90 Å². The zero-order chi connectivity index (χ0) is 37.7. The molecule has 0 aliphatic carbocycles. The van der Waals surface area contributed by atoms with E-state index in [0.717, 1.165) is 19.9 Å². The number of carbonyl (C=O) groups is 1. The van der Waals surface area contributed by atoms with E-state index in [9.17, 15) is 0 Å². The third kappa shape index (κ3) is 41.9. The van der Waals surface area contributed by atoms with Crippen LogP contribution in [-0.2, 0) is 41.3 Å². The first kappa shape index (κ1) is 66.1. The fourth-order valence-corrected chi connectivity index (χ4v) is 573. The topological polar surface area (TPSA) is 101 Å². The molecule has 6 nitrogen and oxygen atoms in total. The fraction of sp³-hybridized carbons (Fsp3) is 0.971. The number of aliphatic hydroxyl groups excluding tert-OH is 3. The molecule has 1 aliphatic rings. The summed E-state index contributed by atoms with van der Waals surface area (Å²) in [4.78, 5) is 10.9. The van der Waals surface area contributed by atoms with Crippen LogP contribution in [0.1, 0.15) is 139 Å². The summed E-state index contributed by atoms with van der Waals surface area (Å²) < 4.78 is 10.5. The van der Waals surface area contributed by atoms with Gasteiger partial charge in [0, 0.05) is 62.4 Å². The van der Waals surface area contributed by atoms with Gasteiger partial charge in [0.15, 0.2) is 0 Å². The Bertz CT molecular complexity index is 578. The van der Waals surface area contributed by atoms with Gasteiger partial charge < -0.3 is 25.3 Å². The van der Waals surface area contributed by atoms with Crippen LogP contribution < -0.4 is 0 Å². The monoisotopic (exact) mass is 1210 g/mol. The summed E-state index contributed by atoms with van der Waals surface area (Å²) in [6.45, 7) is 19.3. The smallest absolute Gasteiger partial charge is 0.0558 e. The van der Waals surface area contributed by atoms with Crippen molar-refractivity contribution >= 4 is 83.8 Å². The number of carboxylic acid groups (broad SMARTS) is 1. The van der Waals surface area contributed by atoms with Gasteiger partial charge in [0.05, 0.1) is 13.2 Å². The van der Waals surface area contributed by atoms with Gasteiger partial charge in [-0.15, -0.1) is 0 Å².